The second kappa shape index (κ2) is 10.1. The number of hydrogen-bond donors (Lipinski definition) is 2. The SMILES string of the molecule is CN=C(NCc1cccc(NC(=O)CN(C)C)c1)N1CCC(COC)C1. The van der Waals surface area contributed by atoms with Gasteiger partial charge in [0.05, 0.1) is 13.2 Å². The van der Waals surface area contributed by atoms with Crippen molar-refractivity contribution in [2.45, 2.75) is 13.0 Å². The molecule has 1 fully saturated rings. The molecule has 0 saturated carbocycles. The maximum Gasteiger partial charge on any atom is 0.238 e. The van der Waals surface area contributed by atoms with E-state index < -0.39 is 0 Å². The van der Waals surface area contributed by atoms with E-state index in [4.69, 9.17) is 4.74 Å². The number of benzene rings is 1. The van der Waals surface area contributed by atoms with Crippen LogP contribution in [0.15, 0.2) is 29.3 Å². The number of carbonyl (C=O) groups excluding carboxylic acids is 1. The molecule has 0 aliphatic carbocycles. The summed E-state index contributed by atoms with van der Waals surface area (Å²) < 4.78 is 5.26. The van der Waals surface area contributed by atoms with E-state index in [9.17, 15) is 4.79 Å². The molecule has 7 heteroatoms. The number of anilines is 1. The van der Waals surface area contributed by atoms with Gasteiger partial charge in [-0.15, -0.1) is 0 Å². The molecule has 1 saturated heterocycles. The van der Waals surface area contributed by atoms with Crippen molar-refractivity contribution in [2.75, 3.05) is 59.8 Å². The number of likely N-dealkylation sites (N-methyl/N-ethyl adjacent to an activating group) is 1. The highest BCUT2D eigenvalue weighted by Crippen LogP contribution is 2.17. The zero-order valence-electron chi connectivity index (χ0n) is 16.3. The van der Waals surface area contributed by atoms with Gasteiger partial charge in [-0.05, 0) is 38.2 Å². The Labute approximate surface area is 156 Å². The van der Waals surface area contributed by atoms with Crippen molar-refractivity contribution >= 4 is 17.6 Å². The summed E-state index contributed by atoms with van der Waals surface area (Å²) in [6.45, 7) is 3.78. The van der Waals surface area contributed by atoms with E-state index >= 15 is 0 Å². The largest absolute Gasteiger partial charge is 0.384 e. The molecule has 26 heavy (non-hydrogen) atoms. The Hall–Kier alpha value is -2.12. The minimum absolute atomic E-state index is 0.0165. The average Bonchev–Trinajstić information content (AvgIpc) is 3.04. The predicted molar refractivity (Wildman–Crippen MR) is 105 cm³/mol. The third kappa shape index (κ3) is 6.31. The first kappa shape index (κ1) is 20.2. The molecule has 1 unspecified atom stereocenters. The number of aliphatic imine (C=N–C) groups is 1. The van der Waals surface area contributed by atoms with Crippen LogP contribution in [0.3, 0.4) is 0 Å². The zero-order chi connectivity index (χ0) is 18.9. The van der Waals surface area contributed by atoms with Crippen LogP contribution in [0.1, 0.15) is 12.0 Å². The summed E-state index contributed by atoms with van der Waals surface area (Å²) in [5, 5.41) is 6.34. The number of nitrogens with zero attached hydrogens (tertiary/aromatic N) is 3. The van der Waals surface area contributed by atoms with Gasteiger partial charge < -0.3 is 25.2 Å². The molecule has 144 valence electrons. The van der Waals surface area contributed by atoms with E-state index in [1.54, 1.807) is 7.11 Å². The first-order valence-corrected chi connectivity index (χ1v) is 9.00. The number of rotatable bonds is 7. The van der Waals surface area contributed by atoms with Gasteiger partial charge in [0.15, 0.2) is 5.96 Å². The van der Waals surface area contributed by atoms with Crippen molar-refractivity contribution in [1.82, 2.24) is 15.1 Å². The van der Waals surface area contributed by atoms with Crippen LogP contribution in [0, 0.1) is 5.92 Å². The number of methoxy groups -OCH3 is 1. The maximum absolute atomic E-state index is 11.9. The highest BCUT2D eigenvalue weighted by molar-refractivity contribution is 5.92. The Morgan fingerprint density at radius 3 is 2.92 bits per heavy atom. The standard InChI is InChI=1S/C19H31N5O2/c1-20-19(24-9-8-16(12-24)14-26-4)21-11-15-6-5-7-17(10-15)22-18(25)13-23(2)3/h5-7,10,16H,8-9,11-14H2,1-4H3,(H,20,21)(H,22,25). The Morgan fingerprint density at radius 1 is 1.42 bits per heavy atom. The third-order valence-electron chi connectivity index (χ3n) is 4.32. The third-order valence-corrected chi connectivity index (χ3v) is 4.32. The minimum Gasteiger partial charge on any atom is -0.384 e. The molecule has 1 aliphatic rings. The summed E-state index contributed by atoms with van der Waals surface area (Å²) >= 11 is 0. The zero-order valence-corrected chi connectivity index (χ0v) is 16.3. The van der Waals surface area contributed by atoms with Crippen LogP contribution in [0.25, 0.3) is 0 Å². The first-order valence-electron chi connectivity index (χ1n) is 9.00. The van der Waals surface area contributed by atoms with Gasteiger partial charge >= 0.3 is 0 Å². The molecule has 0 bridgehead atoms. The van der Waals surface area contributed by atoms with Crippen LogP contribution in [0.2, 0.25) is 0 Å². The summed E-state index contributed by atoms with van der Waals surface area (Å²) in [6.07, 6.45) is 1.13. The molecule has 2 rings (SSSR count). The Balaban J connectivity index is 1.88. The van der Waals surface area contributed by atoms with E-state index in [1.807, 2.05) is 50.3 Å². The topological polar surface area (TPSA) is 69.2 Å². The lowest BCUT2D eigenvalue weighted by atomic mass is 10.1. The number of amides is 1. The molecule has 1 heterocycles. The molecule has 0 aromatic heterocycles. The summed E-state index contributed by atoms with van der Waals surface area (Å²) in [5.74, 6) is 1.46. The van der Waals surface area contributed by atoms with Gasteiger partial charge in [0.25, 0.3) is 0 Å². The molecule has 1 aromatic carbocycles. The molecule has 0 spiro atoms. The van der Waals surface area contributed by atoms with Crippen LogP contribution < -0.4 is 10.6 Å². The summed E-state index contributed by atoms with van der Waals surface area (Å²) in [5.41, 5.74) is 1.91. The van der Waals surface area contributed by atoms with Crippen LogP contribution >= 0.6 is 0 Å². The second-order valence-electron chi connectivity index (χ2n) is 6.94. The van der Waals surface area contributed by atoms with Crippen molar-refractivity contribution in [3.63, 3.8) is 0 Å². The van der Waals surface area contributed by atoms with E-state index in [1.165, 1.54) is 0 Å². The fourth-order valence-electron chi connectivity index (χ4n) is 3.16. The van der Waals surface area contributed by atoms with E-state index in [2.05, 4.69) is 20.5 Å². The molecule has 7 nitrogen and oxygen atoms in total. The second-order valence-corrected chi connectivity index (χ2v) is 6.94. The number of guanidine groups is 1. The average molecular weight is 361 g/mol. The van der Waals surface area contributed by atoms with Crippen molar-refractivity contribution in [3.05, 3.63) is 29.8 Å². The molecule has 1 atom stereocenters. The highest BCUT2D eigenvalue weighted by Gasteiger charge is 2.24. The van der Waals surface area contributed by atoms with Crippen LogP contribution in [-0.2, 0) is 16.1 Å². The van der Waals surface area contributed by atoms with Gasteiger partial charge in [-0.1, -0.05) is 12.1 Å². The quantitative estimate of drug-likeness (QED) is 0.565. The van der Waals surface area contributed by atoms with Crippen LogP contribution in [-0.4, -0.2) is 76.2 Å². The van der Waals surface area contributed by atoms with Gasteiger partial charge in [-0.25, -0.2) is 0 Å². The number of nitrogens with one attached hydrogen (secondary N) is 2. The fraction of sp³-hybridized carbons (Fsp3) is 0.579. The van der Waals surface area contributed by atoms with Crippen molar-refractivity contribution < 1.29 is 9.53 Å². The number of likely N-dealkylation sites (tertiary alicyclic amines) is 1. The van der Waals surface area contributed by atoms with Crippen LogP contribution in [0.5, 0.6) is 0 Å². The summed E-state index contributed by atoms with van der Waals surface area (Å²) in [7, 11) is 7.31. The minimum atomic E-state index is -0.0165. The van der Waals surface area contributed by atoms with Crippen molar-refractivity contribution in [2.24, 2.45) is 10.9 Å². The Bertz CT molecular complexity index is 618. The van der Waals surface area contributed by atoms with Gasteiger partial charge in [0, 0.05) is 45.4 Å². The van der Waals surface area contributed by atoms with E-state index in [0.29, 0.717) is 19.0 Å². The van der Waals surface area contributed by atoms with Gasteiger partial charge in [-0.2, -0.15) is 0 Å². The molecule has 0 radical (unpaired) electrons. The monoisotopic (exact) mass is 361 g/mol. The molecular formula is C19H31N5O2. The lowest BCUT2D eigenvalue weighted by Gasteiger charge is -2.22. The maximum atomic E-state index is 11.9. The van der Waals surface area contributed by atoms with Gasteiger partial charge in [0.1, 0.15) is 0 Å². The molecule has 1 amide bonds. The molecular weight excluding hydrogens is 330 g/mol. The van der Waals surface area contributed by atoms with Crippen LogP contribution in [0.4, 0.5) is 5.69 Å². The molecule has 1 aliphatic heterocycles. The van der Waals surface area contributed by atoms with Gasteiger partial charge in [0.2, 0.25) is 5.91 Å². The first-order chi connectivity index (χ1) is 12.5. The molecule has 2 N–H and O–H groups in total. The van der Waals surface area contributed by atoms with Crippen molar-refractivity contribution in [3.8, 4) is 0 Å². The van der Waals surface area contributed by atoms with Crippen molar-refractivity contribution in [1.29, 1.82) is 0 Å². The normalized spacial score (nSPS) is 17.7. The smallest absolute Gasteiger partial charge is 0.238 e. The lowest BCUT2D eigenvalue weighted by molar-refractivity contribution is -0.116. The fourth-order valence-corrected chi connectivity index (χ4v) is 3.16. The number of hydrogen-bond acceptors (Lipinski definition) is 4. The number of ether oxygens (including phenoxy) is 1. The highest BCUT2D eigenvalue weighted by atomic mass is 16.5. The van der Waals surface area contributed by atoms with E-state index in [-0.39, 0.29) is 5.91 Å². The summed E-state index contributed by atoms with van der Waals surface area (Å²) in [4.78, 5) is 20.4. The van der Waals surface area contributed by atoms with Gasteiger partial charge in [-0.3, -0.25) is 9.79 Å². The summed E-state index contributed by atoms with van der Waals surface area (Å²) in [6, 6.07) is 7.89. The lowest BCUT2D eigenvalue weighted by Crippen LogP contribution is -2.39. The Kier molecular flexibility index (Phi) is 7.87. The Morgan fingerprint density at radius 2 is 2.23 bits per heavy atom. The predicted octanol–water partition coefficient (Wildman–Crippen LogP) is 1.23. The van der Waals surface area contributed by atoms with E-state index in [0.717, 1.165) is 43.3 Å². The number of carbonyl (C=O) groups is 1. The molecule has 1 aromatic rings.